The Morgan fingerprint density at radius 2 is 1.91 bits per heavy atom. The molecule has 10 heteroatoms. The molecule has 1 aromatic carbocycles. The normalized spacial score (nSPS) is 14.4. The van der Waals surface area contributed by atoms with E-state index in [9.17, 15) is 9.59 Å². The molecule has 10 nitrogen and oxygen atoms in total. The number of benzene rings is 1. The smallest absolute Gasteiger partial charge is 0.253 e. The van der Waals surface area contributed by atoms with Crippen molar-refractivity contribution in [1.29, 1.82) is 0 Å². The molecule has 0 bridgehead atoms. The highest BCUT2D eigenvalue weighted by Gasteiger charge is 2.27. The Labute approximate surface area is 189 Å². The number of carbonyl (C=O) groups excluding carboxylic acids is 2. The van der Waals surface area contributed by atoms with Gasteiger partial charge in [-0.05, 0) is 49.2 Å². The van der Waals surface area contributed by atoms with Gasteiger partial charge in [-0.1, -0.05) is 12.1 Å². The summed E-state index contributed by atoms with van der Waals surface area (Å²) in [4.78, 5) is 27.8. The molecule has 1 fully saturated rings. The third kappa shape index (κ3) is 4.54. The SMILES string of the molecule is O=C(NCc1ccco1)c1ccccc1NC(=O)C1CCN(c2ccc3nncn3n2)CC1. The minimum atomic E-state index is -0.271. The molecule has 2 N–H and O–H groups in total. The molecule has 0 unspecified atom stereocenters. The van der Waals surface area contributed by atoms with E-state index in [1.807, 2.05) is 12.1 Å². The van der Waals surface area contributed by atoms with Crippen molar-refractivity contribution in [2.45, 2.75) is 19.4 Å². The van der Waals surface area contributed by atoms with E-state index in [-0.39, 0.29) is 24.3 Å². The topological polar surface area (TPSA) is 118 Å². The molecule has 1 aliphatic heterocycles. The van der Waals surface area contributed by atoms with E-state index < -0.39 is 0 Å². The van der Waals surface area contributed by atoms with Crippen molar-refractivity contribution in [2.24, 2.45) is 5.92 Å². The van der Waals surface area contributed by atoms with E-state index in [1.54, 1.807) is 53.5 Å². The third-order valence-corrected chi connectivity index (χ3v) is 5.77. The molecule has 3 aromatic heterocycles. The van der Waals surface area contributed by atoms with Gasteiger partial charge < -0.3 is 20.0 Å². The van der Waals surface area contributed by atoms with E-state index in [4.69, 9.17) is 4.42 Å². The number of nitrogens with zero attached hydrogens (tertiary/aromatic N) is 5. The van der Waals surface area contributed by atoms with E-state index in [0.717, 1.165) is 5.82 Å². The number of hydrogen-bond donors (Lipinski definition) is 2. The maximum Gasteiger partial charge on any atom is 0.253 e. The van der Waals surface area contributed by atoms with Crippen molar-refractivity contribution in [3.63, 3.8) is 0 Å². The number of piperidine rings is 1. The summed E-state index contributed by atoms with van der Waals surface area (Å²) in [6, 6.07) is 14.4. The fourth-order valence-corrected chi connectivity index (χ4v) is 3.96. The van der Waals surface area contributed by atoms with Crippen LogP contribution >= 0.6 is 0 Å². The highest BCUT2D eigenvalue weighted by molar-refractivity contribution is 6.04. The maximum absolute atomic E-state index is 13.0. The van der Waals surface area contributed by atoms with Crippen molar-refractivity contribution in [2.75, 3.05) is 23.3 Å². The van der Waals surface area contributed by atoms with Crippen LogP contribution < -0.4 is 15.5 Å². The lowest BCUT2D eigenvalue weighted by Gasteiger charge is -2.32. The van der Waals surface area contributed by atoms with Gasteiger partial charge in [0.2, 0.25) is 5.91 Å². The Morgan fingerprint density at radius 3 is 2.73 bits per heavy atom. The molecule has 5 rings (SSSR count). The second-order valence-electron chi connectivity index (χ2n) is 7.88. The zero-order valence-electron chi connectivity index (χ0n) is 17.8. The molecule has 1 aliphatic rings. The first-order valence-electron chi connectivity index (χ1n) is 10.8. The van der Waals surface area contributed by atoms with E-state index in [2.05, 4.69) is 30.8 Å². The third-order valence-electron chi connectivity index (χ3n) is 5.77. The van der Waals surface area contributed by atoms with Crippen LogP contribution in [0.25, 0.3) is 5.65 Å². The molecule has 0 radical (unpaired) electrons. The second kappa shape index (κ2) is 9.11. The summed E-state index contributed by atoms with van der Waals surface area (Å²) in [5.74, 6) is 1.00. The molecule has 0 aliphatic carbocycles. The lowest BCUT2D eigenvalue weighted by atomic mass is 9.95. The highest BCUT2D eigenvalue weighted by Crippen LogP contribution is 2.24. The number of para-hydroxylation sites is 1. The number of anilines is 2. The van der Waals surface area contributed by atoms with Crippen LogP contribution in [-0.2, 0) is 11.3 Å². The standard InChI is InChI=1S/C23H23N7O3/c31-22(16-9-11-29(12-10-16)21-8-7-20-27-25-15-30(20)28-21)26-19-6-2-1-5-18(19)23(32)24-14-17-4-3-13-33-17/h1-8,13,15-16H,9-12,14H2,(H,24,32)(H,26,31). The molecule has 0 atom stereocenters. The first-order valence-corrected chi connectivity index (χ1v) is 10.8. The Morgan fingerprint density at radius 1 is 1.06 bits per heavy atom. The molecular formula is C23H23N7O3. The van der Waals surface area contributed by atoms with Crippen LogP contribution in [0.15, 0.2) is 65.5 Å². The summed E-state index contributed by atoms with van der Waals surface area (Å²) >= 11 is 0. The van der Waals surface area contributed by atoms with Crippen LogP contribution in [0.2, 0.25) is 0 Å². The molecular weight excluding hydrogens is 422 g/mol. The Balaban J connectivity index is 1.19. The summed E-state index contributed by atoms with van der Waals surface area (Å²) in [6.45, 7) is 1.70. The fraction of sp³-hybridized carbons (Fsp3) is 0.261. The maximum atomic E-state index is 13.0. The number of amides is 2. The number of aromatic nitrogens is 4. The second-order valence-corrected chi connectivity index (χ2v) is 7.88. The van der Waals surface area contributed by atoms with Crippen molar-refractivity contribution < 1.29 is 14.0 Å². The first-order chi connectivity index (χ1) is 16.2. The van der Waals surface area contributed by atoms with Gasteiger partial charge >= 0.3 is 0 Å². The van der Waals surface area contributed by atoms with Crippen LogP contribution in [0.5, 0.6) is 0 Å². The van der Waals surface area contributed by atoms with Crippen LogP contribution in [0.1, 0.15) is 29.0 Å². The van der Waals surface area contributed by atoms with E-state index in [0.29, 0.717) is 48.6 Å². The van der Waals surface area contributed by atoms with Crippen molar-refractivity contribution >= 4 is 29.0 Å². The van der Waals surface area contributed by atoms with Crippen molar-refractivity contribution in [3.8, 4) is 0 Å². The zero-order chi connectivity index (χ0) is 22.6. The highest BCUT2D eigenvalue weighted by atomic mass is 16.3. The van der Waals surface area contributed by atoms with Crippen LogP contribution in [-0.4, -0.2) is 44.7 Å². The summed E-state index contributed by atoms with van der Waals surface area (Å²) in [7, 11) is 0. The van der Waals surface area contributed by atoms with Gasteiger partial charge in [0, 0.05) is 19.0 Å². The Kier molecular flexibility index (Phi) is 5.71. The van der Waals surface area contributed by atoms with E-state index >= 15 is 0 Å². The van der Waals surface area contributed by atoms with Gasteiger partial charge in [-0.3, -0.25) is 9.59 Å². The molecule has 0 spiro atoms. The molecule has 1 saturated heterocycles. The van der Waals surface area contributed by atoms with Crippen molar-refractivity contribution in [1.82, 2.24) is 25.1 Å². The van der Waals surface area contributed by atoms with Crippen molar-refractivity contribution in [3.05, 3.63) is 72.4 Å². The summed E-state index contributed by atoms with van der Waals surface area (Å²) in [5.41, 5.74) is 1.61. The quantitative estimate of drug-likeness (QED) is 0.468. The molecule has 4 aromatic rings. The number of fused-ring (bicyclic) bond motifs is 1. The molecule has 2 amide bonds. The van der Waals surface area contributed by atoms with Crippen LogP contribution in [0.4, 0.5) is 11.5 Å². The van der Waals surface area contributed by atoms with Crippen LogP contribution in [0, 0.1) is 5.92 Å². The monoisotopic (exact) mass is 445 g/mol. The summed E-state index contributed by atoms with van der Waals surface area (Å²) < 4.78 is 6.89. The number of furan rings is 1. The average molecular weight is 445 g/mol. The van der Waals surface area contributed by atoms with Gasteiger partial charge in [0.25, 0.3) is 5.91 Å². The first kappa shape index (κ1) is 20.7. The molecule has 33 heavy (non-hydrogen) atoms. The number of carbonyl (C=O) groups is 2. The molecule has 168 valence electrons. The minimum absolute atomic E-state index is 0.0804. The van der Waals surface area contributed by atoms with Gasteiger partial charge in [0.1, 0.15) is 17.9 Å². The fourth-order valence-electron chi connectivity index (χ4n) is 3.96. The number of rotatable bonds is 6. The number of hydrogen-bond acceptors (Lipinski definition) is 7. The van der Waals surface area contributed by atoms with Gasteiger partial charge in [-0.25, -0.2) is 0 Å². The average Bonchev–Trinajstić information content (AvgIpc) is 3.54. The summed E-state index contributed by atoms with van der Waals surface area (Å²) in [6.07, 6.45) is 4.52. The lowest BCUT2D eigenvalue weighted by molar-refractivity contribution is -0.120. The predicted octanol–water partition coefficient (Wildman–Crippen LogP) is 2.50. The van der Waals surface area contributed by atoms with E-state index in [1.165, 1.54) is 0 Å². The van der Waals surface area contributed by atoms with Crippen LogP contribution in [0.3, 0.4) is 0 Å². The zero-order valence-corrected chi connectivity index (χ0v) is 17.8. The van der Waals surface area contributed by atoms with Gasteiger partial charge in [-0.2, -0.15) is 4.52 Å². The van der Waals surface area contributed by atoms with Gasteiger partial charge in [0.15, 0.2) is 5.65 Å². The Bertz CT molecular complexity index is 1260. The largest absolute Gasteiger partial charge is 0.467 e. The summed E-state index contributed by atoms with van der Waals surface area (Å²) in [5, 5.41) is 18.1. The Hall–Kier alpha value is -4.21. The molecule has 0 saturated carbocycles. The lowest BCUT2D eigenvalue weighted by Crippen LogP contribution is -2.39. The minimum Gasteiger partial charge on any atom is -0.467 e. The number of nitrogens with one attached hydrogen (secondary N) is 2. The van der Waals surface area contributed by atoms with Gasteiger partial charge in [-0.15, -0.1) is 15.3 Å². The molecule has 4 heterocycles. The predicted molar refractivity (Wildman–Crippen MR) is 121 cm³/mol. The van der Waals surface area contributed by atoms with Gasteiger partial charge in [0.05, 0.1) is 24.1 Å².